The summed E-state index contributed by atoms with van der Waals surface area (Å²) in [5.41, 5.74) is 1.17. The van der Waals surface area contributed by atoms with Crippen molar-refractivity contribution < 1.29 is 4.79 Å². The van der Waals surface area contributed by atoms with E-state index in [-0.39, 0.29) is 5.91 Å². The summed E-state index contributed by atoms with van der Waals surface area (Å²) in [7, 11) is 0. The quantitative estimate of drug-likeness (QED) is 0.939. The molecule has 5 nitrogen and oxygen atoms in total. The van der Waals surface area contributed by atoms with Gasteiger partial charge in [0.15, 0.2) is 0 Å². The van der Waals surface area contributed by atoms with Crippen LogP contribution in [0, 0.1) is 0 Å². The lowest BCUT2D eigenvalue weighted by Crippen LogP contribution is -2.39. The number of nitrogens with zero attached hydrogens (tertiary/aromatic N) is 3. The van der Waals surface area contributed by atoms with E-state index in [2.05, 4.69) is 27.1 Å². The van der Waals surface area contributed by atoms with Crippen molar-refractivity contribution >= 4 is 17.4 Å². The number of aromatic nitrogens is 2. The lowest BCUT2D eigenvalue weighted by molar-refractivity contribution is 0.102. The first-order valence-electron chi connectivity index (χ1n) is 8.23. The van der Waals surface area contributed by atoms with Crippen molar-refractivity contribution in [2.24, 2.45) is 0 Å². The van der Waals surface area contributed by atoms with Crippen LogP contribution in [0.5, 0.6) is 0 Å². The molecule has 0 bridgehead atoms. The largest absolute Gasteiger partial charge is 0.354 e. The van der Waals surface area contributed by atoms with E-state index in [1.54, 1.807) is 6.07 Å². The van der Waals surface area contributed by atoms with E-state index >= 15 is 0 Å². The average Bonchev–Trinajstić information content (AvgIpc) is 2.62. The minimum absolute atomic E-state index is 0.204. The Kier molecular flexibility index (Phi) is 4.86. The van der Waals surface area contributed by atoms with Crippen LogP contribution in [-0.2, 0) is 0 Å². The van der Waals surface area contributed by atoms with Gasteiger partial charge in [0.1, 0.15) is 17.8 Å². The number of benzene rings is 1. The second kappa shape index (κ2) is 7.22. The van der Waals surface area contributed by atoms with Crippen LogP contribution in [0.3, 0.4) is 0 Å². The Morgan fingerprint density at radius 3 is 2.87 bits per heavy atom. The number of carbonyl (C=O) groups excluding carboxylic acids is 1. The molecule has 1 fully saturated rings. The van der Waals surface area contributed by atoms with Crippen LogP contribution in [0.1, 0.15) is 43.1 Å². The van der Waals surface area contributed by atoms with Gasteiger partial charge >= 0.3 is 0 Å². The first-order valence-corrected chi connectivity index (χ1v) is 8.23. The third-order valence-corrected chi connectivity index (χ3v) is 4.31. The number of rotatable bonds is 4. The SMILES string of the molecule is CCC1CCCCN1c1cc(C(=O)Nc2ccccc2)ncn1. The van der Waals surface area contributed by atoms with Crippen molar-refractivity contribution in [1.82, 2.24) is 9.97 Å². The molecular formula is C18H22N4O. The number of anilines is 2. The van der Waals surface area contributed by atoms with E-state index < -0.39 is 0 Å². The molecule has 3 rings (SSSR count). The van der Waals surface area contributed by atoms with Gasteiger partial charge in [-0.2, -0.15) is 0 Å². The zero-order valence-corrected chi connectivity index (χ0v) is 13.4. The lowest BCUT2D eigenvalue weighted by atomic mass is 10.00. The number of amides is 1. The zero-order chi connectivity index (χ0) is 16.1. The predicted molar refractivity (Wildman–Crippen MR) is 91.7 cm³/mol. The summed E-state index contributed by atoms with van der Waals surface area (Å²) >= 11 is 0. The van der Waals surface area contributed by atoms with E-state index in [1.807, 2.05) is 30.3 Å². The summed E-state index contributed by atoms with van der Waals surface area (Å²) in [5, 5.41) is 2.87. The predicted octanol–water partition coefficient (Wildman–Crippen LogP) is 3.50. The molecule has 1 aliphatic heterocycles. The van der Waals surface area contributed by atoms with Crippen molar-refractivity contribution in [3.8, 4) is 0 Å². The van der Waals surface area contributed by atoms with Gasteiger partial charge in [-0.15, -0.1) is 0 Å². The molecule has 1 aliphatic rings. The van der Waals surface area contributed by atoms with Crippen LogP contribution in [0.2, 0.25) is 0 Å². The minimum Gasteiger partial charge on any atom is -0.354 e. The Morgan fingerprint density at radius 1 is 1.26 bits per heavy atom. The molecule has 1 N–H and O–H groups in total. The van der Waals surface area contributed by atoms with E-state index in [4.69, 9.17) is 0 Å². The van der Waals surface area contributed by atoms with Crippen molar-refractivity contribution in [1.29, 1.82) is 0 Å². The van der Waals surface area contributed by atoms with Crippen LogP contribution >= 0.6 is 0 Å². The molecular weight excluding hydrogens is 288 g/mol. The smallest absolute Gasteiger partial charge is 0.274 e. The molecule has 2 aromatic rings. The summed E-state index contributed by atoms with van der Waals surface area (Å²) in [4.78, 5) is 23.2. The third-order valence-electron chi connectivity index (χ3n) is 4.31. The second-order valence-electron chi connectivity index (χ2n) is 5.83. The van der Waals surface area contributed by atoms with E-state index in [0.29, 0.717) is 11.7 Å². The number of carbonyl (C=O) groups is 1. The fourth-order valence-corrected chi connectivity index (χ4v) is 3.07. The highest BCUT2D eigenvalue weighted by Crippen LogP contribution is 2.25. The first-order chi connectivity index (χ1) is 11.3. The Bertz CT molecular complexity index is 659. The van der Waals surface area contributed by atoms with Crippen molar-refractivity contribution in [2.75, 3.05) is 16.8 Å². The summed E-state index contributed by atoms with van der Waals surface area (Å²) in [5.74, 6) is 0.648. The molecule has 1 aromatic heterocycles. The standard InChI is InChI=1S/C18H22N4O/c1-2-15-10-6-7-11-22(15)17-12-16(19-13-20-17)18(23)21-14-8-4-3-5-9-14/h3-5,8-9,12-13,15H,2,6-7,10-11H2,1H3,(H,21,23). The van der Waals surface area contributed by atoms with Gasteiger partial charge in [0.2, 0.25) is 0 Å². The van der Waals surface area contributed by atoms with E-state index in [1.165, 1.54) is 25.6 Å². The van der Waals surface area contributed by atoms with E-state index in [0.717, 1.165) is 24.5 Å². The molecule has 1 saturated heterocycles. The fourth-order valence-electron chi connectivity index (χ4n) is 3.07. The first kappa shape index (κ1) is 15.5. The monoisotopic (exact) mass is 310 g/mol. The number of para-hydroxylation sites is 1. The molecule has 1 amide bonds. The van der Waals surface area contributed by atoms with Gasteiger partial charge in [-0.25, -0.2) is 9.97 Å². The lowest BCUT2D eigenvalue weighted by Gasteiger charge is -2.36. The van der Waals surface area contributed by atoms with Gasteiger partial charge < -0.3 is 10.2 Å². The van der Waals surface area contributed by atoms with Crippen molar-refractivity contribution in [3.05, 3.63) is 48.4 Å². The molecule has 0 saturated carbocycles. The normalized spacial score (nSPS) is 17.8. The van der Waals surface area contributed by atoms with Gasteiger partial charge in [-0.1, -0.05) is 25.1 Å². The van der Waals surface area contributed by atoms with Crippen LogP contribution in [0.15, 0.2) is 42.7 Å². The summed E-state index contributed by atoms with van der Waals surface area (Å²) < 4.78 is 0. The number of piperidine rings is 1. The highest BCUT2D eigenvalue weighted by molar-refractivity contribution is 6.03. The fraction of sp³-hybridized carbons (Fsp3) is 0.389. The maximum atomic E-state index is 12.4. The number of hydrogen-bond donors (Lipinski definition) is 1. The molecule has 2 heterocycles. The molecule has 0 radical (unpaired) electrons. The molecule has 1 aromatic carbocycles. The van der Waals surface area contributed by atoms with Crippen LogP contribution in [0.4, 0.5) is 11.5 Å². The minimum atomic E-state index is -0.204. The molecule has 5 heteroatoms. The summed E-state index contributed by atoms with van der Waals surface area (Å²) in [6.45, 7) is 3.20. The highest BCUT2D eigenvalue weighted by Gasteiger charge is 2.23. The molecule has 0 aliphatic carbocycles. The third kappa shape index (κ3) is 3.67. The van der Waals surface area contributed by atoms with Crippen LogP contribution in [0.25, 0.3) is 0 Å². The molecule has 120 valence electrons. The number of hydrogen-bond acceptors (Lipinski definition) is 4. The van der Waals surface area contributed by atoms with Gasteiger partial charge in [-0.05, 0) is 37.8 Å². The van der Waals surface area contributed by atoms with Crippen molar-refractivity contribution in [3.63, 3.8) is 0 Å². The molecule has 1 unspecified atom stereocenters. The zero-order valence-electron chi connectivity index (χ0n) is 13.4. The van der Waals surface area contributed by atoms with E-state index in [9.17, 15) is 4.79 Å². The van der Waals surface area contributed by atoms with Crippen molar-refractivity contribution in [2.45, 2.75) is 38.6 Å². The highest BCUT2D eigenvalue weighted by atomic mass is 16.1. The Hall–Kier alpha value is -2.43. The average molecular weight is 310 g/mol. The van der Waals surface area contributed by atoms with Gasteiger partial charge in [0.05, 0.1) is 0 Å². The Morgan fingerprint density at radius 2 is 2.09 bits per heavy atom. The maximum Gasteiger partial charge on any atom is 0.274 e. The number of nitrogens with one attached hydrogen (secondary N) is 1. The molecule has 23 heavy (non-hydrogen) atoms. The Balaban J connectivity index is 1.78. The second-order valence-corrected chi connectivity index (χ2v) is 5.83. The Labute approximate surface area is 136 Å². The van der Waals surface area contributed by atoms with Gasteiger partial charge in [-0.3, -0.25) is 4.79 Å². The van der Waals surface area contributed by atoms with Gasteiger partial charge in [0.25, 0.3) is 5.91 Å². The summed E-state index contributed by atoms with van der Waals surface area (Å²) in [6, 6.07) is 11.7. The molecule has 0 spiro atoms. The van der Waals surface area contributed by atoms with Crippen LogP contribution in [-0.4, -0.2) is 28.5 Å². The van der Waals surface area contributed by atoms with Gasteiger partial charge in [0, 0.05) is 24.3 Å². The summed E-state index contributed by atoms with van der Waals surface area (Å²) in [6.07, 6.45) is 6.20. The topological polar surface area (TPSA) is 58.1 Å². The van der Waals surface area contributed by atoms with Crippen LogP contribution < -0.4 is 10.2 Å². The molecule has 1 atom stereocenters. The maximum absolute atomic E-state index is 12.4.